The lowest BCUT2D eigenvalue weighted by Gasteiger charge is -2.20. The van der Waals surface area contributed by atoms with E-state index in [0.29, 0.717) is 29.6 Å². The molecule has 0 saturated carbocycles. The molecule has 170 valence electrons. The van der Waals surface area contributed by atoms with E-state index >= 15 is 0 Å². The van der Waals surface area contributed by atoms with Gasteiger partial charge < -0.3 is 9.47 Å². The second kappa shape index (κ2) is 11.0. The zero-order chi connectivity index (χ0) is 23.0. The summed E-state index contributed by atoms with van der Waals surface area (Å²) in [5.41, 5.74) is 2.46. The van der Waals surface area contributed by atoms with Gasteiger partial charge in [-0.1, -0.05) is 67.5 Å². The Morgan fingerprint density at radius 1 is 0.970 bits per heavy atom. The van der Waals surface area contributed by atoms with Crippen LogP contribution in [-0.2, 0) is 6.54 Å². The number of thiazole rings is 1. The zero-order valence-corrected chi connectivity index (χ0v) is 19.8. The van der Waals surface area contributed by atoms with Gasteiger partial charge in [0.05, 0.1) is 30.5 Å². The third kappa shape index (κ3) is 5.71. The second-order valence-corrected chi connectivity index (χ2v) is 8.80. The van der Waals surface area contributed by atoms with Crippen LogP contribution in [0.4, 0.5) is 5.13 Å². The number of carbonyl (C=O) groups is 1. The lowest BCUT2D eigenvalue weighted by atomic mass is 10.1. The predicted molar refractivity (Wildman–Crippen MR) is 135 cm³/mol. The monoisotopic (exact) mass is 460 g/mol. The minimum absolute atomic E-state index is 0.108. The molecule has 4 aromatic rings. The first-order chi connectivity index (χ1) is 16.2. The normalized spacial score (nSPS) is 10.8. The van der Waals surface area contributed by atoms with Crippen LogP contribution in [-0.4, -0.2) is 24.6 Å². The van der Waals surface area contributed by atoms with Gasteiger partial charge in [-0.25, -0.2) is 4.98 Å². The van der Waals surface area contributed by atoms with E-state index in [2.05, 4.69) is 6.92 Å². The van der Waals surface area contributed by atoms with Gasteiger partial charge in [0.1, 0.15) is 11.5 Å². The maximum absolute atomic E-state index is 13.7. The largest absolute Gasteiger partial charge is 0.497 e. The van der Waals surface area contributed by atoms with Crippen LogP contribution in [0.3, 0.4) is 0 Å². The molecule has 1 heterocycles. The Labute approximate surface area is 198 Å². The molecule has 0 unspecified atom stereocenters. The Kier molecular flexibility index (Phi) is 7.58. The average molecular weight is 461 g/mol. The van der Waals surface area contributed by atoms with Gasteiger partial charge in [0.15, 0.2) is 5.13 Å². The van der Waals surface area contributed by atoms with Gasteiger partial charge in [-0.2, -0.15) is 0 Å². The lowest BCUT2D eigenvalue weighted by molar-refractivity contribution is 0.0984. The predicted octanol–water partition coefficient (Wildman–Crippen LogP) is 6.72. The summed E-state index contributed by atoms with van der Waals surface area (Å²) in [6.45, 7) is 3.25. The first kappa shape index (κ1) is 22.8. The number of hydrogen-bond acceptors (Lipinski definition) is 5. The molecule has 0 saturated heterocycles. The molecule has 0 fully saturated rings. The van der Waals surface area contributed by atoms with E-state index in [-0.39, 0.29) is 5.91 Å². The molecule has 0 spiro atoms. The number of fused-ring (bicyclic) bond motifs is 1. The van der Waals surface area contributed by atoms with Crippen molar-refractivity contribution in [3.8, 4) is 11.5 Å². The van der Waals surface area contributed by atoms with Crippen molar-refractivity contribution in [2.24, 2.45) is 0 Å². The van der Waals surface area contributed by atoms with Crippen molar-refractivity contribution < 1.29 is 14.3 Å². The Hall–Kier alpha value is -3.38. The first-order valence-corrected chi connectivity index (χ1v) is 12.0. The molecule has 1 aromatic heterocycles. The molecule has 0 aliphatic heterocycles. The SMILES string of the molecule is CCCCCOc1cccc(C(=O)N(Cc2ccccc2)c2nc3ccc(OC)cc3s2)c1. The smallest absolute Gasteiger partial charge is 0.260 e. The summed E-state index contributed by atoms with van der Waals surface area (Å²) in [6, 6.07) is 23.1. The fourth-order valence-electron chi connectivity index (χ4n) is 3.54. The van der Waals surface area contributed by atoms with Crippen molar-refractivity contribution in [2.45, 2.75) is 32.7 Å². The molecule has 1 amide bonds. The summed E-state index contributed by atoms with van der Waals surface area (Å²) in [6.07, 6.45) is 3.28. The van der Waals surface area contributed by atoms with E-state index in [1.165, 1.54) is 11.3 Å². The van der Waals surface area contributed by atoms with Crippen LogP contribution in [0.2, 0.25) is 0 Å². The number of nitrogens with zero attached hydrogens (tertiary/aromatic N) is 2. The molecular weight excluding hydrogens is 432 g/mol. The number of ether oxygens (including phenoxy) is 2. The Bertz CT molecular complexity index is 1210. The summed E-state index contributed by atoms with van der Waals surface area (Å²) >= 11 is 1.48. The molecule has 0 aliphatic carbocycles. The van der Waals surface area contributed by atoms with Crippen molar-refractivity contribution in [1.29, 1.82) is 0 Å². The lowest BCUT2D eigenvalue weighted by Crippen LogP contribution is -2.30. The van der Waals surface area contributed by atoms with Gasteiger partial charge in [0.25, 0.3) is 5.91 Å². The van der Waals surface area contributed by atoms with Crippen molar-refractivity contribution in [3.63, 3.8) is 0 Å². The molecule has 0 atom stereocenters. The maximum atomic E-state index is 13.7. The number of methoxy groups -OCH3 is 1. The standard InChI is InChI=1S/C27H28N2O3S/c1-3-4-8-16-32-23-13-9-12-21(17-23)26(30)29(19-20-10-6-5-7-11-20)27-28-24-15-14-22(31-2)18-25(24)33-27/h5-7,9-15,17-18H,3-4,8,16,19H2,1-2H3. The van der Waals surface area contributed by atoms with Gasteiger partial charge in [-0.15, -0.1) is 0 Å². The van der Waals surface area contributed by atoms with Gasteiger partial charge in [0.2, 0.25) is 0 Å². The van der Waals surface area contributed by atoms with Crippen molar-refractivity contribution in [2.75, 3.05) is 18.6 Å². The highest BCUT2D eigenvalue weighted by Crippen LogP contribution is 2.33. The molecule has 0 aliphatic rings. The van der Waals surface area contributed by atoms with Crippen molar-refractivity contribution >= 4 is 32.6 Å². The molecule has 0 bridgehead atoms. The zero-order valence-electron chi connectivity index (χ0n) is 19.0. The van der Waals surface area contributed by atoms with Gasteiger partial charge in [-0.05, 0) is 48.4 Å². The first-order valence-electron chi connectivity index (χ1n) is 11.2. The van der Waals surface area contributed by atoms with Crippen LogP contribution in [0.25, 0.3) is 10.2 Å². The minimum Gasteiger partial charge on any atom is -0.497 e. The quantitative estimate of drug-likeness (QED) is 0.247. The molecule has 3 aromatic carbocycles. The third-order valence-electron chi connectivity index (χ3n) is 5.34. The van der Waals surface area contributed by atoms with Crippen LogP contribution in [0, 0.1) is 0 Å². The average Bonchev–Trinajstić information content (AvgIpc) is 3.28. The Morgan fingerprint density at radius 2 is 1.82 bits per heavy atom. The number of unbranched alkanes of at least 4 members (excludes halogenated alkanes) is 2. The topological polar surface area (TPSA) is 51.7 Å². The fourth-order valence-corrected chi connectivity index (χ4v) is 4.54. The maximum Gasteiger partial charge on any atom is 0.260 e. The Morgan fingerprint density at radius 3 is 2.61 bits per heavy atom. The van der Waals surface area contributed by atoms with E-state index in [4.69, 9.17) is 14.5 Å². The van der Waals surface area contributed by atoms with Crippen LogP contribution in [0.1, 0.15) is 42.1 Å². The van der Waals surface area contributed by atoms with Gasteiger partial charge in [0, 0.05) is 5.56 Å². The molecule has 6 heteroatoms. The summed E-state index contributed by atoms with van der Waals surface area (Å²) in [5.74, 6) is 1.38. The molecule has 5 nitrogen and oxygen atoms in total. The third-order valence-corrected chi connectivity index (χ3v) is 6.38. The van der Waals surface area contributed by atoms with E-state index < -0.39 is 0 Å². The van der Waals surface area contributed by atoms with E-state index in [0.717, 1.165) is 40.8 Å². The molecular formula is C27H28N2O3S. The second-order valence-electron chi connectivity index (χ2n) is 7.79. The number of amides is 1. The summed E-state index contributed by atoms with van der Waals surface area (Å²) in [4.78, 5) is 20.2. The number of carbonyl (C=O) groups excluding carboxylic acids is 1. The number of hydrogen-bond donors (Lipinski definition) is 0. The van der Waals surface area contributed by atoms with Crippen LogP contribution >= 0.6 is 11.3 Å². The number of benzene rings is 3. The van der Waals surface area contributed by atoms with Crippen molar-refractivity contribution in [3.05, 3.63) is 83.9 Å². The summed E-state index contributed by atoms with van der Waals surface area (Å²) in [7, 11) is 1.64. The van der Waals surface area contributed by atoms with E-state index in [1.807, 2.05) is 72.8 Å². The van der Waals surface area contributed by atoms with Crippen LogP contribution < -0.4 is 14.4 Å². The molecule has 4 rings (SSSR count). The number of aromatic nitrogens is 1. The number of rotatable bonds is 10. The summed E-state index contributed by atoms with van der Waals surface area (Å²) < 4.78 is 12.2. The van der Waals surface area contributed by atoms with Gasteiger partial charge in [-0.3, -0.25) is 9.69 Å². The molecule has 0 radical (unpaired) electrons. The fraction of sp³-hybridized carbons (Fsp3) is 0.259. The Balaban J connectivity index is 1.64. The van der Waals surface area contributed by atoms with E-state index in [1.54, 1.807) is 12.0 Å². The highest BCUT2D eigenvalue weighted by Gasteiger charge is 2.22. The van der Waals surface area contributed by atoms with Crippen LogP contribution in [0.15, 0.2) is 72.8 Å². The minimum atomic E-state index is -0.108. The molecule has 0 N–H and O–H groups in total. The van der Waals surface area contributed by atoms with Crippen LogP contribution in [0.5, 0.6) is 11.5 Å². The summed E-state index contributed by atoms with van der Waals surface area (Å²) in [5, 5.41) is 0.654. The highest BCUT2D eigenvalue weighted by molar-refractivity contribution is 7.22. The van der Waals surface area contributed by atoms with Crippen molar-refractivity contribution in [1.82, 2.24) is 4.98 Å². The number of anilines is 1. The molecule has 33 heavy (non-hydrogen) atoms. The highest BCUT2D eigenvalue weighted by atomic mass is 32.1. The van der Waals surface area contributed by atoms with Gasteiger partial charge >= 0.3 is 0 Å². The van der Waals surface area contributed by atoms with E-state index in [9.17, 15) is 4.79 Å².